The van der Waals surface area contributed by atoms with Crippen molar-refractivity contribution in [1.29, 1.82) is 0 Å². The van der Waals surface area contributed by atoms with Crippen LogP contribution in [0.25, 0.3) is 5.57 Å². The molecule has 0 saturated heterocycles. The Morgan fingerprint density at radius 3 is 1.77 bits per heavy atom. The molecule has 2 aliphatic rings. The molecule has 44 heavy (non-hydrogen) atoms. The number of amides is 1. The van der Waals surface area contributed by atoms with E-state index in [9.17, 15) is 9.70 Å². The van der Waals surface area contributed by atoms with Crippen LogP contribution in [0.5, 0.6) is 11.5 Å². The largest absolute Gasteiger partial charge is 0.457 e. The number of halogens is 1. The van der Waals surface area contributed by atoms with Crippen LogP contribution in [0.3, 0.4) is 0 Å². The molecular weight excluding hydrogens is 576 g/mol. The van der Waals surface area contributed by atoms with Crippen molar-refractivity contribution in [3.63, 3.8) is 0 Å². The molecule has 0 unspecified atom stereocenters. The SMILES string of the molecule is C=O.C=O.CC.CNC1(C(=O)N=O)CC1.Cc1ccc(C2=CC=C(Cl)C=CC2)cc1.Cc1ccc(Oc2ccccc2)cc1. The van der Waals surface area contributed by atoms with Crippen LogP contribution in [0.15, 0.2) is 113 Å². The molecule has 234 valence electrons. The summed E-state index contributed by atoms with van der Waals surface area (Å²) in [6.07, 6.45) is 10.5. The molecule has 8 heteroatoms. The minimum atomic E-state index is -0.568. The lowest BCUT2D eigenvalue weighted by Gasteiger charge is -2.04. The maximum absolute atomic E-state index is 10.6. The lowest BCUT2D eigenvalue weighted by molar-refractivity contribution is -0.120. The van der Waals surface area contributed by atoms with Gasteiger partial charge in [0, 0.05) is 10.2 Å². The third-order valence-corrected chi connectivity index (χ3v) is 6.45. The fourth-order valence-corrected chi connectivity index (χ4v) is 3.75. The van der Waals surface area contributed by atoms with Gasteiger partial charge in [-0.3, -0.25) is 4.79 Å². The van der Waals surface area contributed by atoms with E-state index in [4.69, 9.17) is 25.9 Å². The molecule has 1 N–H and O–H groups in total. The van der Waals surface area contributed by atoms with Crippen molar-refractivity contribution >= 4 is 36.7 Å². The Hall–Kier alpha value is -4.46. The quantitative estimate of drug-likeness (QED) is 0.286. The molecule has 0 aliphatic heterocycles. The van der Waals surface area contributed by atoms with Gasteiger partial charge in [0.15, 0.2) is 0 Å². The Morgan fingerprint density at radius 1 is 0.818 bits per heavy atom. The van der Waals surface area contributed by atoms with Crippen LogP contribution in [-0.2, 0) is 14.4 Å². The lowest BCUT2D eigenvalue weighted by Crippen LogP contribution is -2.34. The molecular formula is C36H43ClN2O5. The highest BCUT2D eigenvalue weighted by Gasteiger charge is 2.49. The van der Waals surface area contributed by atoms with E-state index in [1.165, 1.54) is 22.3 Å². The number of hydrogen-bond acceptors (Lipinski definition) is 6. The van der Waals surface area contributed by atoms with E-state index in [2.05, 4.69) is 60.8 Å². The smallest absolute Gasteiger partial charge is 0.306 e. The van der Waals surface area contributed by atoms with Gasteiger partial charge in [-0.05, 0) is 87.7 Å². The molecule has 0 heterocycles. The number of aryl methyl sites for hydroxylation is 2. The number of ether oxygens (including phenoxy) is 1. The number of nitrogens with zero attached hydrogens (tertiary/aromatic N) is 1. The van der Waals surface area contributed by atoms with Crippen molar-refractivity contribution in [1.82, 2.24) is 5.32 Å². The topological polar surface area (TPSA) is 102 Å². The molecule has 0 radical (unpaired) electrons. The van der Waals surface area contributed by atoms with Gasteiger partial charge >= 0.3 is 5.91 Å². The third-order valence-electron chi connectivity index (χ3n) is 6.20. The lowest BCUT2D eigenvalue weighted by atomic mass is 10.0. The predicted molar refractivity (Wildman–Crippen MR) is 182 cm³/mol. The van der Waals surface area contributed by atoms with Crippen molar-refractivity contribution in [2.75, 3.05) is 7.05 Å². The summed E-state index contributed by atoms with van der Waals surface area (Å²) in [4.78, 5) is 36.3. The number of carbonyl (C=O) groups is 3. The Labute approximate surface area is 266 Å². The van der Waals surface area contributed by atoms with E-state index in [1.54, 1.807) is 7.05 Å². The molecule has 0 atom stereocenters. The first-order chi connectivity index (χ1) is 21.3. The monoisotopic (exact) mass is 618 g/mol. The van der Waals surface area contributed by atoms with E-state index in [1.807, 2.05) is 94.2 Å². The Bertz CT molecular complexity index is 1330. The number of hydrogen-bond donors (Lipinski definition) is 1. The first-order valence-corrected chi connectivity index (χ1v) is 14.5. The van der Waals surface area contributed by atoms with Crippen LogP contribution >= 0.6 is 11.6 Å². The predicted octanol–water partition coefficient (Wildman–Crippen LogP) is 8.94. The zero-order valence-electron chi connectivity index (χ0n) is 26.2. The Morgan fingerprint density at radius 2 is 1.32 bits per heavy atom. The summed E-state index contributed by atoms with van der Waals surface area (Å²) in [5.74, 6) is 1.18. The van der Waals surface area contributed by atoms with Gasteiger partial charge in [0.2, 0.25) is 0 Å². The number of benzene rings is 3. The third kappa shape index (κ3) is 14.6. The van der Waals surface area contributed by atoms with Crippen molar-refractivity contribution < 1.29 is 19.1 Å². The van der Waals surface area contributed by atoms with Crippen LogP contribution in [-0.4, -0.2) is 32.1 Å². The summed E-state index contributed by atoms with van der Waals surface area (Å²) in [5, 5.41) is 5.89. The van der Waals surface area contributed by atoms with Crippen molar-refractivity contribution in [3.05, 3.63) is 130 Å². The van der Waals surface area contributed by atoms with Gasteiger partial charge in [0.05, 0.1) is 0 Å². The number of rotatable bonds is 5. The molecule has 0 spiro atoms. The average Bonchev–Trinajstić information content (AvgIpc) is 3.92. The summed E-state index contributed by atoms with van der Waals surface area (Å²) in [7, 11) is 1.66. The highest BCUT2D eigenvalue weighted by atomic mass is 35.5. The fourth-order valence-electron chi connectivity index (χ4n) is 3.60. The highest BCUT2D eigenvalue weighted by molar-refractivity contribution is 6.31. The highest BCUT2D eigenvalue weighted by Crippen LogP contribution is 2.35. The number of nitrogens with one attached hydrogen (secondary N) is 1. The molecule has 1 saturated carbocycles. The van der Waals surface area contributed by atoms with E-state index >= 15 is 0 Å². The van der Waals surface area contributed by atoms with Gasteiger partial charge in [0.1, 0.15) is 30.6 Å². The summed E-state index contributed by atoms with van der Waals surface area (Å²) in [5.41, 5.74) is 4.54. The molecule has 1 fully saturated rings. The number of nitroso groups, excluding NO2 is 1. The zero-order chi connectivity index (χ0) is 33.4. The van der Waals surface area contributed by atoms with Crippen LogP contribution < -0.4 is 10.1 Å². The van der Waals surface area contributed by atoms with Crippen LogP contribution in [0.1, 0.15) is 49.8 Å². The number of para-hydroxylation sites is 1. The van der Waals surface area contributed by atoms with E-state index in [-0.39, 0.29) is 0 Å². The van der Waals surface area contributed by atoms with E-state index in [0.29, 0.717) is 0 Å². The van der Waals surface area contributed by atoms with E-state index < -0.39 is 11.4 Å². The summed E-state index contributed by atoms with van der Waals surface area (Å²) in [6.45, 7) is 12.2. The van der Waals surface area contributed by atoms with E-state index in [0.717, 1.165) is 35.8 Å². The van der Waals surface area contributed by atoms with Gasteiger partial charge in [-0.1, -0.05) is 103 Å². The minimum Gasteiger partial charge on any atom is -0.457 e. The van der Waals surface area contributed by atoms with Crippen LogP contribution in [0.2, 0.25) is 0 Å². The average molecular weight is 619 g/mol. The van der Waals surface area contributed by atoms with Crippen molar-refractivity contribution in [2.24, 2.45) is 5.18 Å². The Balaban J connectivity index is 0.000000594. The molecule has 5 rings (SSSR count). The molecule has 0 aromatic heterocycles. The maximum Gasteiger partial charge on any atom is 0.306 e. The van der Waals surface area contributed by atoms with Crippen molar-refractivity contribution in [3.8, 4) is 11.5 Å². The molecule has 1 amide bonds. The zero-order valence-corrected chi connectivity index (χ0v) is 27.0. The molecule has 0 bridgehead atoms. The summed E-state index contributed by atoms with van der Waals surface area (Å²) >= 11 is 5.93. The first-order valence-electron chi connectivity index (χ1n) is 14.1. The standard InChI is InChI=1S/C14H13Cl.C13H12O.C5H8N2O2.C2H6.2CH2O/c1-11-5-7-13(8-6-11)12-3-2-4-14(15)10-9-12;1-11-7-9-13(10-8-11)14-12-5-3-2-4-6-12;1-6-5(2-3-5)4(8)7-9;3*1-2/h2,4-10H,3H2,1H3;2-10H,1H3;6H,2-3H2,1H3;1-2H3;2*1H2. The van der Waals surface area contributed by atoms with Gasteiger partial charge in [-0.25, -0.2) is 0 Å². The summed E-state index contributed by atoms with van der Waals surface area (Å²) < 4.78 is 5.63. The molecule has 3 aromatic rings. The maximum atomic E-state index is 10.6. The Kier molecular flexibility index (Phi) is 20.7. The fraction of sp³-hybridized carbons (Fsp3) is 0.250. The molecule has 3 aromatic carbocycles. The van der Waals surface area contributed by atoms with Gasteiger partial charge in [0.25, 0.3) is 0 Å². The number of likely N-dealkylation sites (N-methyl/N-ethyl adjacent to an activating group) is 1. The van der Waals surface area contributed by atoms with Crippen LogP contribution in [0, 0.1) is 18.8 Å². The van der Waals surface area contributed by atoms with Gasteiger partial charge in [-0.15, -0.1) is 4.91 Å². The van der Waals surface area contributed by atoms with Crippen LogP contribution in [0.4, 0.5) is 0 Å². The first kappa shape index (κ1) is 39.5. The molecule has 2 aliphatic carbocycles. The van der Waals surface area contributed by atoms with Gasteiger partial charge < -0.3 is 19.6 Å². The van der Waals surface area contributed by atoms with Gasteiger partial charge in [-0.2, -0.15) is 0 Å². The second kappa shape index (κ2) is 23.1. The minimum absolute atomic E-state index is 0.565. The molecule has 7 nitrogen and oxygen atoms in total. The number of carbonyl (C=O) groups excluding carboxylic acids is 3. The second-order valence-electron chi connectivity index (χ2n) is 9.17. The van der Waals surface area contributed by atoms with Crippen molar-refractivity contribution in [2.45, 2.75) is 52.5 Å². The number of allylic oxidation sites excluding steroid dienone is 6. The second-order valence-corrected chi connectivity index (χ2v) is 9.61. The normalized spacial score (nSPS) is 13.0. The summed E-state index contributed by atoms with van der Waals surface area (Å²) in [6, 6.07) is 26.4.